The van der Waals surface area contributed by atoms with Crippen LogP contribution < -0.4 is 0 Å². The molecule has 2 saturated heterocycles. The van der Waals surface area contributed by atoms with Crippen molar-refractivity contribution in [2.24, 2.45) is 11.8 Å². The Labute approximate surface area is 162 Å². The van der Waals surface area contributed by atoms with Gasteiger partial charge in [-0.05, 0) is 23.8 Å². The summed E-state index contributed by atoms with van der Waals surface area (Å²) in [7, 11) is 3.43. The van der Waals surface area contributed by atoms with Crippen LogP contribution >= 0.6 is 0 Å². The number of rotatable bonds is 2. The molecular formula is C20H22FN5O2. The van der Waals surface area contributed by atoms with Crippen molar-refractivity contribution in [1.29, 1.82) is 0 Å². The smallest absolute Gasteiger partial charge is 0.320 e. The van der Waals surface area contributed by atoms with Gasteiger partial charge < -0.3 is 14.7 Å². The van der Waals surface area contributed by atoms with Crippen LogP contribution in [-0.2, 0) is 0 Å². The van der Waals surface area contributed by atoms with Crippen LogP contribution in [0, 0.1) is 17.7 Å². The molecule has 0 radical (unpaired) electrons. The molecule has 3 amide bonds. The number of hydrogen-bond donors (Lipinski definition) is 0. The predicted octanol–water partition coefficient (Wildman–Crippen LogP) is 2.04. The number of carbonyl (C=O) groups excluding carboxylic acids is 2. The van der Waals surface area contributed by atoms with Gasteiger partial charge >= 0.3 is 6.03 Å². The molecule has 0 N–H and O–H groups in total. The minimum absolute atomic E-state index is 0.0597. The first kappa shape index (κ1) is 18.3. The quantitative estimate of drug-likeness (QED) is 0.796. The van der Waals surface area contributed by atoms with Gasteiger partial charge in [-0.2, -0.15) is 10.2 Å². The summed E-state index contributed by atoms with van der Waals surface area (Å²) in [6.07, 6.45) is 2.96. The summed E-state index contributed by atoms with van der Waals surface area (Å²) in [5.74, 6) is -0.208. The predicted molar refractivity (Wildman–Crippen MR) is 99.8 cm³/mol. The summed E-state index contributed by atoms with van der Waals surface area (Å²) >= 11 is 0. The Hall–Kier alpha value is -3.03. The maximum absolute atomic E-state index is 13.9. The third-order valence-electron chi connectivity index (χ3n) is 5.60. The van der Waals surface area contributed by atoms with Crippen LogP contribution in [0.4, 0.5) is 9.18 Å². The zero-order valence-corrected chi connectivity index (χ0v) is 15.8. The fourth-order valence-electron chi connectivity index (χ4n) is 4.38. The molecule has 2 aliphatic heterocycles. The van der Waals surface area contributed by atoms with Crippen LogP contribution in [0.1, 0.15) is 22.0 Å². The Balaban J connectivity index is 1.62. The highest BCUT2D eigenvalue weighted by molar-refractivity contribution is 5.94. The van der Waals surface area contributed by atoms with Crippen molar-refractivity contribution in [2.45, 2.75) is 6.04 Å². The largest absolute Gasteiger partial charge is 0.338 e. The Bertz CT molecular complexity index is 891. The Morgan fingerprint density at radius 1 is 1.14 bits per heavy atom. The molecule has 8 heteroatoms. The third kappa shape index (κ3) is 3.19. The van der Waals surface area contributed by atoms with Gasteiger partial charge in [0.25, 0.3) is 5.91 Å². The van der Waals surface area contributed by atoms with E-state index >= 15 is 0 Å². The van der Waals surface area contributed by atoms with Crippen LogP contribution in [0.2, 0.25) is 0 Å². The summed E-state index contributed by atoms with van der Waals surface area (Å²) in [6.45, 7) is 1.63. The van der Waals surface area contributed by atoms with Crippen molar-refractivity contribution in [1.82, 2.24) is 24.9 Å². The van der Waals surface area contributed by atoms with E-state index in [0.717, 1.165) is 5.56 Å². The zero-order chi connectivity index (χ0) is 19.8. The number of benzene rings is 1. The van der Waals surface area contributed by atoms with Crippen LogP contribution in [0.25, 0.3) is 0 Å². The van der Waals surface area contributed by atoms with Crippen LogP contribution in [0.5, 0.6) is 0 Å². The molecular weight excluding hydrogens is 361 g/mol. The van der Waals surface area contributed by atoms with Crippen molar-refractivity contribution < 1.29 is 14.0 Å². The molecule has 2 aromatic rings. The normalized spacial score (nSPS) is 23.6. The number of likely N-dealkylation sites (tertiary alicyclic amines) is 2. The molecule has 146 valence electrons. The van der Waals surface area contributed by atoms with E-state index in [9.17, 15) is 14.0 Å². The van der Waals surface area contributed by atoms with Gasteiger partial charge in [0.1, 0.15) is 5.82 Å². The molecule has 28 heavy (non-hydrogen) atoms. The van der Waals surface area contributed by atoms with E-state index < -0.39 is 0 Å². The highest BCUT2D eigenvalue weighted by Gasteiger charge is 2.50. The number of hydrogen-bond acceptors (Lipinski definition) is 4. The fourth-order valence-corrected chi connectivity index (χ4v) is 4.38. The van der Waals surface area contributed by atoms with Gasteiger partial charge in [0, 0.05) is 45.6 Å². The number of nitrogens with zero attached hydrogens (tertiary/aromatic N) is 5. The number of halogens is 1. The van der Waals surface area contributed by atoms with E-state index in [2.05, 4.69) is 10.2 Å². The molecule has 0 saturated carbocycles. The van der Waals surface area contributed by atoms with E-state index in [0.29, 0.717) is 25.2 Å². The topological polar surface area (TPSA) is 69.6 Å². The van der Waals surface area contributed by atoms with Crippen molar-refractivity contribution in [3.63, 3.8) is 0 Å². The molecule has 2 aliphatic rings. The molecule has 0 bridgehead atoms. The lowest BCUT2D eigenvalue weighted by Gasteiger charge is -2.31. The van der Waals surface area contributed by atoms with Crippen molar-refractivity contribution >= 4 is 11.9 Å². The van der Waals surface area contributed by atoms with Gasteiger partial charge in [-0.1, -0.05) is 12.1 Å². The molecule has 0 aliphatic carbocycles. The Morgan fingerprint density at radius 2 is 1.96 bits per heavy atom. The lowest BCUT2D eigenvalue weighted by atomic mass is 9.89. The van der Waals surface area contributed by atoms with E-state index in [1.165, 1.54) is 24.5 Å². The van der Waals surface area contributed by atoms with Gasteiger partial charge in [0.15, 0.2) is 0 Å². The Morgan fingerprint density at radius 3 is 2.64 bits per heavy atom. The van der Waals surface area contributed by atoms with E-state index in [4.69, 9.17) is 0 Å². The molecule has 1 aromatic heterocycles. The molecule has 0 spiro atoms. The molecule has 1 aromatic carbocycles. The van der Waals surface area contributed by atoms with Crippen molar-refractivity contribution in [3.05, 3.63) is 59.7 Å². The fraction of sp³-hybridized carbons (Fsp3) is 0.400. The van der Waals surface area contributed by atoms with Crippen LogP contribution in [-0.4, -0.2) is 70.6 Å². The number of amides is 3. The second kappa shape index (κ2) is 7.18. The maximum atomic E-state index is 13.9. The van der Waals surface area contributed by atoms with Crippen LogP contribution in [0.3, 0.4) is 0 Å². The standard InChI is InChI=1S/C20H22FN5O2/c1-24(2)20(28)26-11-15-10-25(19(27)14-6-7-22-23-9-14)12-17(15)18(26)13-4-3-5-16(21)8-13/h3-9,15,17-18H,10-12H2,1-2H3/t15-,17-,18+/m1/s1. The molecule has 2 fully saturated rings. The summed E-state index contributed by atoms with van der Waals surface area (Å²) < 4.78 is 13.9. The van der Waals surface area contributed by atoms with Crippen LogP contribution in [0.15, 0.2) is 42.7 Å². The molecule has 4 rings (SSSR count). The second-order valence-corrected chi connectivity index (χ2v) is 7.59. The average Bonchev–Trinajstić information content (AvgIpc) is 3.25. The first-order chi connectivity index (χ1) is 13.5. The maximum Gasteiger partial charge on any atom is 0.320 e. The van der Waals surface area contributed by atoms with Gasteiger partial charge in [0.2, 0.25) is 0 Å². The summed E-state index contributed by atoms with van der Waals surface area (Å²) in [4.78, 5) is 30.7. The van der Waals surface area contributed by atoms with E-state index in [-0.39, 0.29) is 35.6 Å². The molecule has 3 heterocycles. The number of carbonyl (C=O) groups is 2. The SMILES string of the molecule is CN(C)C(=O)N1C[C@H]2CN(C(=O)c3ccnnc3)C[C@H]2[C@@H]1c1cccc(F)c1. The van der Waals surface area contributed by atoms with Gasteiger partial charge in [-0.25, -0.2) is 9.18 Å². The van der Waals surface area contributed by atoms with E-state index in [1.54, 1.807) is 40.9 Å². The molecule has 7 nitrogen and oxygen atoms in total. The highest BCUT2D eigenvalue weighted by Crippen LogP contribution is 2.45. The summed E-state index contributed by atoms with van der Waals surface area (Å²) in [5, 5.41) is 7.49. The second-order valence-electron chi connectivity index (χ2n) is 7.59. The minimum atomic E-state index is -0.327. The minimum Gasteiger partial charge on any atom is -0.338 e. The highest BCUT2D eigenvalue weighted by atomic mass is 19.1. The lowest BCUT2D eigenvalue weighted by molar-refractivity contribution is 0.0766. The first-order valence-corrected chi connectivity index (χ1v) is 9.25. The molecule has 0 unspecified atom stereocenters. The average molecular weight is 383 g/mol. The van der Waals surface area contributed by atoms with Gasteiger partial charge in [-0.15, -0.1) is 0 Å². The summed E-state index contributed by atoms with van der Waals surface area (Å²) in [5.41, 5.74) is 1.26. The monoisotopic (exact) mass is 383 g/mol. The van der Waals surface area contributed by atoms with Crippen molar-refractivity contribution in [2.75, 3.05) is 33.7 Å². The zero-order valence-electron chi connectivity index (χ0n) is 15.8. The molecule has 3 atom stereocenters. The van der Waals surface area contributed by atoms with E-state index in [1.807, 2.05) is 6.07 Å². The van der Waals surface area contributed by atoms with Gasteiger partial charge in [-0.3, -0.25) is 4.79 Å². The lowest BCUT2D eigenvalue weighted by Crippen LogP contribution is -2.42. The first-order valence-electron chi connectivity index (χ1n) is 9.25. The third-order valence-corrected chi connectivity index (χ3v) is 5.60. The number of aromatic nitrogens is 2. The van der Waals surface area contributed by atoms with Gasteiger partial charge in [0.05, 0.1) is 24.0 Å². The number of urea groups is 1. The number of fused-ring (bicyclic) bond motifs is 1. The summed E-state index contributed by atoms with van der Waals surface area (Å²) in [6, 6.07) is 7.69. The van der Waals surface area contributed by atoms with Crippen molar-refractivity contribution in [3.8, 4) is 0 Å². The Kier molecular flexibility index (Phi) is 4.70.